The first-order valence-electron chi connectivity index (χ1n) is 6.94. The standard InChI is InChI=1S/C13H25N5O/c1-6-10(4)9-18(5)12-15-11(14-7-2)16-13(17-12)19-8-3/h10H,6-9H2,1-5H3,(H,14,15,16,17). The van der Waals surface area contributed by atoms with E-state index < -0.39 is 0 Å². The molecule has 0 spiro atoms. The van der Waals surface area contributed by atoms with E-state index in [-0.39, 0.29) is 0 Å². The highest BCUT2D eigenvalue weighted by atomic mass is 16.5. The van der Waals surface area contributed by atoms with E-state index in [1.165, 1.54) is 0 Å². The van der Waals surface area contributed by atoms with Crippen LogP contribution in [0.5, 0.6) is 6.01 Å². The van der Waals surface area contributed by atoms with Crippen LogP contribution in [0.4, 0.5) is 11.9 Å². The number of ether oxygens (including phenoxy) is 1. The molecular formula is C13H25N5O. The van der Waals surface area contributed by atoms with Gasteiger partial charge >= 0.3 is 6.01 Å². The van der Waals surface area contributed by atoms with E-state index in [1.54, 1.807) is 0 Å². The smallest absolute Gasteiger partial charge is 0.323 e. The fraction of sp³-hybridized carbons (Fsp3) is 0.769. The molecule has 0 bridgehead atoms. The van der Waals surface area contributed by atoms with Gasteiger partial charge in [-0.1, -0.05) is 20.3 Å². The van der Waals surface area contributed by atoms with Crippen molar-refractivity contribution in [3.63, 3.8) is 0 Å². The molecule has 1 heterocycles. The van der Waals surface area contributed by atoms with E-state index in [2.05, 4.69) is 34.1 Å². The monoisotopic (exact) mass is 267 g/mol. The van der Waals surface area contributed by atoms with Crippen molar-refractivity contribution in [1.82, 2.24) is 15.0 Å². The zero-order valence-electron chi connectivity index (χ0n) is 12.6. The van der Waals surface area contributed by atoms with E-state index in [0.29, 0.717) is 30.4 Å². The minimum absolute atomic E-state index is 0.374. The summed E-state index contributed by atoms with van der Waals surface area (Å²) in [6.45, 7) is 10.5. The summed E-state index contributed by atoms with van der Waals surface area (Å²) in [6, 6.07) is 0.374. The molecule has 6 heteroatoms. The van der Waals surface area contributed by atoms with Gasteiger partial charge in [-0.25, -0.2) is 0 Å². The molecule has 19 heavy (non-hydrogen) atoms. The van der Waals surface area contributed by atoms with E-state index in [0.717, 1.165) is 19.5 Å². The van der Waals surface area contributed by atoms with Crippen molar-refractivity contribution >= 4 is 11.9 Å². The fourth-order valence-corrected chi connectivity index (χ4v) is 1.63. The molecule has 0 aliphatic rings. The van der Waals surface area contributed by atoms with Crippen LogP contribution in [0.2, 0.25) is 0 Å². The number of rotatable bonds is 8. The number of hydrogen-bond acceptors (Lipinski definition) is 6. The van der Waals surface area contributed by atoms with Crippen LogP contribution in [-0.4, -0.2) is 41.7 Å². The van der Waals surface area contributed by atoms with Gasteiger partial charge in [0.2, 0.25) is 11.9 Å². The van der Waals surface area contributed by atoms with Gasteiger partial charge in [0, 0.05) is 20.1 Å². The van der Waals surface area contributed by atoms with Crippen LogP contribution < -0.4 is 15.0 Å². The molecule has 1 atom stereocenters. The molecule has 0 aromatic carbocycles. The average molecular weight is 267 g/mol. The lowest BCUT2D eigenvalue weighted by Gasteiger charge is -2.21. The van der Waals surface area contributed by atoms with Crippen molar-refractivity contribution in [3.05, 3.63) is 0 Å². The Bertz CT molecular complexity index is 361. The summed E-state index contributed by atoms with van der Waals surface area (Å²) < 4.78 is 5.39. The second-order valence-electron chi connectivity index (χ2n) is 4.60. The summed E-state index contributed by atoms with van der Waals surface area (Å²) >= 11 is 0. The maximum atomic E-state index is 5.39. The summed E-state index contributed by atoms with van der Waals surface area (Å²) in [5.74, 6) is 1.81. The van der Waals surface area contributed by atoms with Gasteiger partial charge in [-0.2, -0.15) is 15.0 Å². The van der Waals surface area contributed by atoms with Crippen LogP contribution in [0, 0.1) is 5.92 Å². The number of anilines is 2. The zero-order valence-corrected chi connectivity index (χ0v) is 12.6. The second kappa shape index (κ2) is 7.76. The summed E-state index contributed by atoms with van der Waals surface area (Å²) in [5, 5.41) is 3.10. The van der Waals surface area contributed by atoms with Gasteiger partial charge < -0.3 is 15.0 Å². The largest absolute Gasteiger partial charge is 0.464 e. The van der Waals surface area contributed by atoms with Crippen molar-refractivity contribution in [1.29, 1.82) is 0 Å². The fourth-order valence-electron chi connectivity index (χ4n) is 1.63. The Hall–Kier alpha value is -1.59. The highest BCUT2D eigenvalue weighted by Crippen LogP contribution is 2.15. The summed E-state index contributed by atoms with van der Waals surface area (Å²) in [7, 11) is 1.99. The molecule has 1 aromatic rings. The Morgan fingerprint density at radius 1 is 1.21 bits per heavy atom. The summed E-state index contributed by atoms with van der Waals surface area (Å²) in [6.07, 6.45) is 1.13. The topological polar surface area (TPSA) is 63.2 Å². The molecule has 108 valence electrons. The van der Waals surface area contributed by atoms with Gasteiger partial charge in [0.05, 0.1) is 6.61 Å². The molecule has 0 amide bonds. The number of nitrogens with one attached hydrogen (secondary N) is 1. The van der Waals surface area contributed by atoms with Crippen LogP contribution in [0.15, 0.2) is 0 Å². The first-order chi connectivity index (χ1) is 9.10. The Balaban J connectivity index is 2.90. The highest BCUT2D eigenvalue weighted by Gasteiger charge is 2.12. The van der Waals surface area contributed by atoms with Crippen molar-refractivity contribution in [3.8, 4) is 6.01 Å². The van der Waals surface area contributed by atoms with Gasteiger partial charge in [0.25, 0.3) is 0 Å². The predicted octanol–water partition coefficient (Wildman–Crippen LogP) is 2.18. The van der Waals surface area contributed by atoms with E-state index in [1.807, 2.05) is 25.8 Å². The van der Waals surface area contributed by atoms with Crippen LogP contribution in [0.25, 0.3) is 0 Å². The van der Waals surface area contributed by atoms with E-state index >= 15 is 0 Å². The van der Waals surface area contributed by atoms with Gasteiger partial charge in [-0.05, 0) is 19.8 Å². The summed E-state index contributed by atoms with van der Waals surface area (Å²) in [5.41, 5.74) is 0. The van der Waals surface area contributed by atoms with E-state index in [4.69, 9.17) is 4.74 Å². The molecule has 0 radical (unpaired) electrons. The lowest BCUT2D eigenvalue weighted by atomic mass is 10.1. The lowest BCUT2D eigenvalue weighted by Crippen LogP contribution is -2.26. The number of nitrogens with zero attached hydrogens (tertiary/aromatic N) is 4. The highest BCUT2D eigenvalue weighted by molar-refractivity contribution is 5.37. The van der Waals surface area contributed by atoms with Gasteiger partial charge in [-0.15, -0.1) is 0 Å². The predicted molar refractivity (Wildman–Crippen MR) is 77.9 cm³/mol. The Morgan fingerprint density at radius 2 is 1.95 bits per heavy atom. The quantitative estimate of drug-likeness (QED) is 0.779. The van der Waals surface area contributed by atoms with Crippen molar-refractivity contribution in [2.45, 2.75) is 34.1 Å². The summed E-state index contributed by atoms with van der Waals surface area (Å²) in [4.78, 5) is 15.0. The normalized spacial score (nSPS) is 12.1. The van der Waals surface area contributed by atoms with E-state index in [9.17, 15) is 0 Å². The van der Waals surface area contributed by atoms with Crippen molar-refractivity contribution in [2.24, 2.45) is 5.92 Å². The molecule has 0 fully saturated rings. The Labute approximate surface area is 115 Å². The zero-order chi connectivity index (χ0) is 14.3. The average Bonchev–Trinajstić information content (AvgIpc) is 2.39. The van der Waals surface area contributed by atoms with Gasteiger partial charge in [0.1, 0.15) is 0 Å². The molecule has 1 unspecified atom stereocenters. The van der Waals surface area contributed by atoms with Crippen LogP contribution in [0.1, 0.15) is 34.1 Å². The maximum Gasteiger partial charge on any atom is 0.323 e. The molecule has 0 aliphatic heterocycles. The number of hydrogen-bond donors (Lipinski definition) is 1. The molecule has 1 N–H and O–H groups in total. The van der Waals surface area contributed by atoms with Crippen LogP contribution in [0.3, 0.4) is 0 Å². The third-order valence-electron chi connectivity index (χ3n) is 2.84. The van der Waals surface area contributed by atoms with Crippen molar-refractivity contribution < 1.29 is 4.74 Å². The minimum atomic E-state index is 0.374. The minimum Gasteiger partial charge on any atom is -0.464 e. The van der Waals surface area contributed by atoms with Crippen LogP contribution >= 0.6 is 0 Å². The van der Waals surface area contributed by atoms with Gasteiger partial charge in [0.15, 0.2) is 0 Å². The first-order valence-corrected chi connectivity index (χ1v) is 6.94. The third-order valence-corrected chi connectivity index (χ3v) is 2.84. The second-order valence-corrected chi connectivity index (χ2v) is 4.60. The van der Waals surface area contributed by atoms with Crippen LogP contribution in [-0.2, 0) is 0 Å². The van der Waals surface area contributed by atoms with Crippen molar-refractivity contribution in [2.75, 3.05) is 37.0 Å². The molecule has 1 aromatic heterocycles. The molecule has 0 saturated carbocycles. The molecule has 1 rings (SSSR count). The Morgan fingerprint density at radius 3 is 2.53 bits per heavy atom. The number of aromatic nitrogens is 3. The molecule has 0 aliphatic carbocycles. The first kappa shape index (κ1) is 15.5. The lowest BCUT2D eigenvalue weighted by molar-refractivity contribution is 0.312. The van der Waals surface area contributed by atoms with Gasteiger partial charge in [-0.3, -0.25) is 0 Å². The molecule has 0 saturated heterocycles. The molecule has 6 nitrogen and oxygen atoms in total. The third kappa shape index (κ3) is 4.89. The maximum absolute atomic E-state index is 5.39. The Kier molecular flexibility index (Phi) is 6.32. The molecular weight excluding hydrogens is 242 g/mol. The SMILES string of the molecule is CCNc1nc(OCC)nc(N(C)CC(C)CC)n1.